The highest BCUT2D eigenvalue weighted by atomic mass is 16.5. The smallest absolute Gasteiger partial charge is 0.309 e. The Morgan fingerprint density at radius 3 is 2.21 bits per heavy atom. The maximum atomic E-state index is 12.4. The van der Waals surface area contributed by atoms with Crippen LogP contribution in [0.25, 0.3) is 17.1 Å². The molecule has 2 heterocycles. The lowest BCUT2D eigenvalue weighted by atomic mass is 10.2. The molecule has 2 amide bonds. The van der Waals surface area contributed by atoms with Crippen molar-refractivity contribution in [1.82, 2.24) is 30.8 Å². The minimum Gasteiger partial charge on any atom is -0.364 e. The van der Waals surface area contributed by atoms with Gasteiger partial charge < -0.3 is 4.52 Å². The number of benzene rings is 2. The molecule has 9 nitrogen and oxygen atoms in total. The van der Waals surface area contributed by atoms with Crippen LogP contribution in [0.3, 0.4) is 0 Å². The van der Waals surface area contributed by atoms with E-state index in [2.05, 4.69) is 30.6 Å². The van der Waals surface area contributed by atoms with Crippen LogP contribution in [0.4, 0.5) is 0 Å². The maximum absolute atomic E-state index is 12.4. The van der Waals surface area contributed by atoms with Crippen LogP contribution < -0.4 is 10.9 Å². The molecule has 0 fully saturated rings. The lowest BCUT2D eigenvalue weighted by Crippen LogP contribution is -2.42. The van der Waals surface area contributed by atoms with Crippen molar-refractivity contribution >= 4 is 11.8 Å². The third-order valence-corrected chi connectivity index (χ3v) is 3.80. The molecule has 0 spiro atoms. The summed E-state index contributed by atoms with van der Waals surface area (Å²) in [6.07, 6.45) is 1.26. The summed E-state index contributed by atoms with van der Waals surface area (Å²) in [5.74, 6) is -0.875. The Morgan fingerprint density at radius 1 is 0.857 bits per heavy atom. The van der Waals surface area contributed by atoms with E-state index in [9.17, 15) is 9.59 Å². The van der Waals surface area contributed by atoms with Crippen molar-refractivity contribution in [3.8, 4) is 17.1 Å². The molecule has 28 heavy (non-hydrogen) atoms. The topological polar surface area (TPSA) is 115 Å². The van der Waals surface area contributed by atoms with E-state index in [1.165, 1.54) is 12.3 Å². The predicted molar refractivity (Wildman–Crippen MR) is 98.2 cm³/mol. The van der Waals surface area contributed by atoms with Crippen molar-refractivity contribution in [2.45, 2.75) is 0 Å². The summed E-state index contributed by atoms with van der Waals surface area (Å²) >= 11 is 0. The van der Waals surface area contributed by atoms with Gasteiger partial charge in [-0.1, -0.05) is 53.7 Å². The second-order valence-corrected chi connectivity index (χ2v) is 5.67. The van der Waals surface area contributed by atoms with Gasteiger partial charge in [0.15, 0.2) is 11.5 Å². The molecular weight excluding hydrogens is 360 g/mol. The van der Waals surface area contributed by atoms with E-state index in [1.54, 1.807) is 4.68 Å². The van der Waals surface area contributed by atoms with Crippen LogP contribution in [0.15, 0.2) is 77.5 Å². The SMILES string of the molecule is O=C(NNC(=O)c1nc(-c2ccccc2)n(-c2ccccc2)n1)c1ccon1. The lowest BCUT2D eigenvalue weighted by Gasteiger charge is -2.05. The first-order valence-electron chi connectivity index (χ1n) is 8.31. The number of carbonyl (C=O) groups excluding carboxylic acids is 2. The number of carbonyl (C=O) groups is 2. The fourth-order valence-electron chi connectivity index (χ4n) is 2.49. The van der Waals surface area contributed by atoms with Crippen molar-refractivity contribution < 1.29 is 14.1 Å². The number of hydrazine groups is 1. The molecule has 2 aromatic carbocycles. The van der Waals surface area contributed by atoms with Gasteiger partial charge in [-0.2, -0.15) is 0 Å². The summed E-state index contributed by atoms with van der Waals surface area (Å²) in [5.41, 5.74) is 6.09. The van der Waals surface area contributed by atoms with Crippen LogP contribution in [-0.2, 0) is 0 Å². The van der Waals surface area contributed by atoms with Gasteiger partial charge in [-0.15, -0.1) is 5.10 Å². The molecule has 9 heteroatoms. The summed E-state index contributed by atoms with van der Waals surface area (Å²) in [6, 6.07) is 20.1. The Bertz CT molecular complexity index is 1030. The molecule has 2 aromatic heterocycles. The van der Waals surface area contributed by atoms with E-state index in [4.69, 9.17) is 0 Å². The Morgan fingerprint density at radius 2 is 1.54 bits per heavy atom. The van der Waals surface area contributed by atoms with Crippen LogP contribution in [0.1, 0.15) is 21.1 Å². The van der Waals surface area contributed by atoms with Gasteiger partial charge in [0, 0.05) is 11.6 Å². The zero-order valence-corrected chi connectivity index (χ0v) is 14.4. The summed E-state index contributed by atoms with van der Waals surface area (Å²) in [4.78, 5) is 28.7. The molecule has 138 valence electrons. The third kappa shape index (κ3) is 3.49. The van der Waals surface area contributed by atoms with Crippen LogP contribution in [-0.4, -0.2) is 31.7 Å². The molecule has 0 radical (unpaired) electrons. The highest BCUT2D eigenvalue weighted by molar-refractivity contribution is 5.96. The molecular formula is C19H14N6O3. The van der Waals surface area contributed by atoms with E-state index >= 15 is 0 Å². The fourth-order valence-corrected chi connectivity index (χ4v) is 2.49. The van der Waals surface area contributed by atoms with Gasteiger partial charge in [-0.25, -0.2) is 9.67 Å². The monoisotopic (exact) mass is 374 g/mol. The molecule has 0 aliphatic heterocycles. The van der Waals surface area contributed by atoms with Crippen molar-refractivity contribution in [3.05, 3.63) is 84.5 Å². The van der Waals surface area contributed by atoms with Gasteiger partial charge in [0.05, 0.1) is 5.69 Å². The number of aromatic nitrogens is 4. The summed E-state index contributed by atoms with van der Waals surface area (Å²) in [6.45, 7) is 0. The quantitative estimate of drug-likeness (QED) is 0.528. The van der Waals surface area contributed by atoms with Gasteiger partial charge in [0.1, 0.15) is 6.26 Å². The molecule has 0 bridgehead atoms. The standard InChI is InChI=1S/C19H14N6O3/c26-18(15-11-12-28-24-15)21-22-19(27)16-20-17(13-7-3-1-4-8-13)25(23-16)14-9-5-2-6-10-14/h1-12H,(H,21,26)(H,22,27). The van der Waals surface area contributed by atoms with Crippen molar-refractivity contribution in [2.24, 2.45) is 0 Å². The Balaban J connectivity index is 1.62. The molecule has 0 aliphatic carbocycles. The molecule has 0 saturated carbocycles. The molecule has 2 N–H and O–H groups in total. The van der Waals surface area contributed by atoms with Crippen LogP contribution in [0, 0.1) is 0 Å². The number of nitrogens with one attached hydrogen (secondary N) is 2. The van der Waals surface area contributed by atoms with Crippen molar-refractivity contribution in [3.63, 3.8) is 0 Å². The first-order chi connectivity index (χ1) is 13.7. The zero-order valence-electron chi connectivity index (χ0n) is 14.4. The van der Waals surface area contributed by atoms with E-state index in [0.29, 0.717) is 5.82 Å². The lowest BCUT2D eigenvalue weighted by molar-refractivity contribution is 0.0836. The van der Waals surface area contributed by atoms with E-state index in [0.717, 1.165) is 11.3 Å². The minimum absolute atomic E-state index is 0.0352. The summed E-state index contributed by atoms with van der Waals surface area (Å²) < 4.78 is 6.17. The second kappa shape index (κ2) is 7.54. The molecule has 0 unspecified atom stereocenters. The normalized spacial score (nSPS) is 10.4. The largest absolute Gasteiger partial charge is 0.364 e. The number of hydrogen-bond acceptors (Lipinski definition) is 6. The van der Waals surface area contributed by atoms with Crippen LogP contribution in [0.2, 0.25) is 0 Å². The summed E-state index contributed by atoms with van der Waals surface area (Å²) in [7, 11) is 0. The van der Waals surface area contributed by atoms with Gasteiger partial charge in [0.25, 0.3) is 5.91 Å². The Labute approximate surface area is 159 Å². The molecule has 4 rings (SSSR count). The van der Waals surface area contributed by atoms with E-state index < -0.39 is 11.8 Å². The Hall–Kier alpha value is -4.27. The van der Waals surface area contributed by atoms with Crippen LogP contribution >= 0.6 is 0 Å². The number of nitrogens with zero attached hydrogens (tertiary/aromatic N) is 4. The van der Waals surface area contributed by atoms with Gasteiger partial charge in [-0.05, 0) is 12.1 Å². The molecule has 4 aromatic rings. The zero-order chi connectivity index (χ0) is 19.3. The van der Waals surface area contributed by atoms with Crippen molar-refractivity contribution in [2.75, 3.05) is 0 Å². The van der Waals surface area contributed by atoms with Gasteiger partial charge >= 0.3 is 5.91 Å². The fraction of sp³-hybridized carbons (Fsp3) is 0. The number of amides is 2. The Kier molecular flexibility index (Phi) is 4.62. The predicted octanol–water partition coefficient (Wildman–Crippen LogP) is 2.00. The maximum Gasteiger partial charge on any atom is 0.309 e. The average Bonchev–Trinajstić information content (AvgIpc) is 3.43. The molecule has 0 aliphatic rings. The van der Waals surface area contributed by atoms with Crippen molar-refractivity contribution in [1.29, 1.82) is 0 Å². The molecule has 0 atom stereocenters. The van der Waals surface area contributed by atoms with E-state index in [1.807, 2.05) is 60.7 Å². The number of rotatable bonds is 4. The number of hydrogen-bond donors (Lipinski definition) is 2. The second-order valence-electron chi connectivity index (χ2n) is 5.67. The highest BCUT2D eigenvalue weighted by Gasteiger charge is 2.19. The van der Waals surface area contributed by atoms with Gasteiger partial charge in [0.2, 0.25) is 5.82 Å². The minimum atomic E-state index is -0.663. The summed E-state index contributed by atoms with van der Waals surface area (Å²) in [5, 5.41) is 7.80. The van der Waals surface area contributed by atoms with Crippen LogP contribution in [0.5, 0.6) is 0 Å². The van der Waals surface area contributed by atoms with E-state index in [-0.39, 0.29) is 11.5 Å². The van der Waals surface area contributed by atoms with Gasteiger partial charge in [-0.3, -0.25) is 20.4 Å². The average molecular weight is 374 g/mol. The number of para-hydroxylation sites is 1. The first kappa shape index (κ1) is 17.2. The first-order valence-corrected chi connectivity index (χ1v) is 8.31. The highest BCUT2D eigenvalue weighted by Crippen LogP contribution is 2.20. The molecule has 0 saturated heterocycles. The third-order valence-electron chi connectivity index (χ3n) is 3.80.